The Kier molecular flexibility index (Phi) is 26.3. The monoisotopic (exact) mass is 506 g/mol. The first-order valence-corrected chi connectivity index (χ1v) is 10.3. The molecule has 0 nitrogen and oxygen atoms in total. The predicted octanol–water partition coefficient (Wildman–Crippen LogP) is -0.295. The molecule has 22 heavy (non-hydrogen) atoms. The van der Waals surface area contributed by atoms with Gasteiger partial charge in [0.05, 0.1) is 0 Å². The maximum atomic E-state index is 3.39. The van der Waals surface area contributed by atoms with E-state index in [9.17, 15) is 0 Å². The van der Waals surface area contributed by atoms with E-state index >= 15 is 0 Å². The predicted molar refractivity (Wildman–Crippen MR) is 87.2 cm³/mol. The van der Waals surface area contributed by atoms with Crippen molar-refractivity contribution in [3.8, 4) is 0 Å². The second kappa shape index (κ2) is 21.3. The molecule has 0 aromatic rings. The molecule has 0 amide bonds. The standard InChI is InChI=1S/2C9H13.CH2.2ClH.Hf/c2*1-2-3-6-9-7-4-5-8-9;;;;/h2*4,7H,2-3,5-6H2,1H3;1H2;2*1H;/q2*-1;;;;+2/p-2. The minimum Gasteiger partial charge on any atom is -1.00 e. The van der Waals surface area contributed by atoms with Crippen LogP contribution in [0.2, 0.25) is 0 Å². The third-order valence-electron chi connectivity index (χ3n) is 3.13. The molecule has 0 N–H and O–H groups in total. The molecular weight excluding hydrogens is 478 g/mol. The Labute approximate surface area is 165 Å². The van der Waals surface area contributed by atoms with Crippen molar-refractivity contribution in [3.63, 3.8) is 0 Å². The summed E-state index contributed by atoms with van der Waals surface area (Å²) >= 11 is 1.06. The Hall–Kier alpha value is 0.280. The third kappa shape index (κ3) is 15.2. The van der Waals surface area contributed by atoms with Crippen molar-refractivity contribution in [2.45, 2.75) is 65.2 Å². The maximum absolute atomic E-state index is 3.39. The van der Waals surface area contributed by atoms with Crippen LogP contribution in [0, 0.1) is 12.2 Å². The molecule has 0 heterocycles. The van der Waals surface area contributed by atoms with Crippen molar-refractivity contribution in [1.29, 1.82) is 0 Å². The molecule has 0 unspecified atom stereocenters. The van der Waals surface area contributed by atoms with Gasteiger partial charge >= 0.3 is 28.2 Å². The van der Waals surface area contributed by atoms with Gasteiger partial charge in [-0.25, -0.2) is 23.3 Å². The molecule has 0 atom stereocenters. The molecule has 2 rings (SSSR count). The Morgan fingerprint density at radius 2 is 1.23 bits per heavy atom. The van der Waals surface area contributed by atoms with Crippen LogP contribution in [-0.2, 0) is 23.9 Å². The molecule has 0 fully saturated rings. The molecule has 0 saturated carbocycles. The van der Waals surface area contributed by atoms with Crippen LogP contribution >= 0.6 is 0 Å². The zero-order valence-electron chi connectivity index (χ0n) is 13.9. The van der Waals surface area contributed by atoms with Gasteiger partial charge in [-0.05, 0) is 0 Å². The minimum absolute atomic E-state index is 0. The van der Waals surface area contributed by atoms with Gasteiger partial charge in [-0.15, -0.1) is 12.8 Å². The first-order chi connectivity index (χ1) is 9.86. The van der Waals surface area contributed by atoms with Crippen LogP contribution < -0.4 is 24.8 Å². The van der Waals surface area contributed by atoms with Gasteiger partial charge in [-0.3, -0.25) is 12.2 Å². The van der Waals surface area contributed by atoms with Crippen LogP contribution in [0.4, 0.5) is 0 Å². The third-order valence-corrected chi connectivity index (χ3v) is 3.13. The van der Waals surface area contributed by atoms with Crippen molar-refractivity contribution >= 4 is 4.26 Å². The van der Waals surface area contributed by atoms with Gasteiger partial charge in [-0.1, -0.05) is 52.4 Å². The van der Waals surface area contributed by atoms with Crippen molar-refractivity contribution in [2.75, 3.05) is 0 Å². The Balaban J connectivity index is -0.000000273. The smallest absolute Gasteiger partial charge is 1.00 e. The summed E-state index contributed by atoms with van der Waals surface area (Å²) in [6, 6.07) is 0. The van der Waals surface area contributed by atoms with Crippen molar-refractivity contribution in [2.24, 2.45) is 0 Å². The van der Waals surface area contributed by atoms with E-state index in [4.69, 9.17) is 0 Å². The van der Waals surface area contributed by atoms with Gasteiger partial charge in [-0.2, -0.15) is 12.2 Å². The molecule has 0 aromatic carbocycles. The molecule has 2 aliphatic rings. The first-order valence-electron chi connectivity index (χ1n) is 7.74. The number of hydrogen-bond donors (Lipinski definition) is 0. The van der Waals surface area contributed by atoms with Crippen molar-refractivity contribution < 1.29 is 48.7 Å². The summed E-state index contributed by atoms with van der Waals surface area (Å²) in [4.78, 5) is 0. The summed E-state index contributed by atoms with van der Waals surface area (Å²) < 4.78 is 3.39. The molecule has 0 saturated heterocycles. The molecule has 0 aliphatic heterocycles. The summed E-state index contributed by atoms with van der Waals surface area (Å²) in [6.45, 7) is 4.44. The van der Waals surface area contributed by atoms with Crippen LogP contribution in [0.25, 0.3) is 0 Å². The second-order valence-electron chi connectivity index (χ2n) is 4.82. The van der Waals surface area contributed by atoms with Gasteiger partial charge < -0.3 is 24.8 Å². The van der Waals surface area contributed by atoms with E-state index < -0.39 is 0 Å². The second-order valence-corrected chi connectivity index (χ2v) is 4.82. The number of hydrogen-bond acceptors (Lipinski definition) is 0. The molecule has 0 spiro atoms. The Bertz CT molecular complexity index is 320. The maximum Gasteiger partial charge on any atom is -1.00 e. The van der Waals surface area contributed by atoms with E-state index in [0.29, 0.717) is 0 Å². The fourth-order valence-electron chi connectivity index (χ4n) is 1.98. The van der Waals surface area contributed by atoms with E-state index in [0.717, 1.165) is 36.7 Å². The molecule has 3 heteroatoms. The molecule has 0 bridgehead atoms. The molecule has 0 aromatic heterocycles. The normalized spacial score (nSPS) is 13.6. The minimum atomic E-state index is 0. The van der Waals surface area contributed by atoms with Crippen LogP contribution in [-0.4, -0.2) is 4.26 Å². The van der Waals surface area contributed by atoms with Gasteiger partial charge in [0.25, 0.3) is 0 Å². The Morgan fingerprint density at radius 3 is 1.45 bits per heavy atom. The van der Waals surface area contributed by atoms with Gasteiger partial charge in [0.2, 0.25) is 0 Å². The number of allylic oxidation sites excluding steroid dienone is 8. The van der Waals surface area contributed by atoms with E-state index in [1.165, 1.54) is 49.7 Å². The topological polar surface area (TPSA) is 0 Å². The summed E-state index contributed by atoms with van der Waals surface area (Å²) in [6.07, 6.45) is 25.1. The average molecular weight is 506 g/mol. The quantitative estimate of drug-likeness (QED) is 0.344. The number of rotatable bonds is 6. The summed E-state index contributed by atoms with van der Waals surface area (Å²) in [5.74, 6) is 0. The van der Waals surface area contributed by atoms with Gasteiger partial charge in [0, 0.05) is 0 Å². The zero-order chi connectivity index (χ0) is 15.1. The van der Waals surface area contributed by atoms with E-state index in [1.54, 1.807) is 0 Å². The largest absolute Gasteiger partial charge is 1.00 e. The van der Waals surface area contributed by atoms with Crippen molar-refractivity contribution in [3.05, 3.63) is 47.6 Å². The summed E-state index contributed by atoms with van der Waals surface area (Å²) in [7, 11) is 0. The van der Waals surface area contributed by atoms with Gasteiger partial charge in [0.15, 0.2) is 0 Å². The molecular formula is C19H28Cl2Hf-2. The molecule has 2 aliphatic carbocycles. The fraction of sp³-hybridized carbons (Fsp3) is 0.526. The van der Waals surface area contributed by atoms with Crippen LogP contribution in [0.1, 0.15) is 65.2 Å². The van der Waals surface area contributed by atoms with Crippen LogP contribution in [0.15, 0.2) is 35.5 Å². The average Bonchev–Trinajstić information content (AvgIpc) is 3.19. The summed E-state index contributed by atoms with van der Waals surface area (Å²) in [5, 5.41) is 0. The first kappa shape index (κ1) is 27.1. The SMILES string of the molecule is CCCCC1=[C-]CC=C1.CCCCC1=[C-]CC=C1.[CH2]=[Hf+2].[Cl-].[Cl-]. The van der Waals surface area contributed by atoms with E-state index in [2.05, 4.69) is 54.6 Å². The summed E-state index contributed by atoms with van der Waals surface area (Å²) in [5.41, 5.74) is 2.83. The van der Waals surface area contributed by atoms with Crippen LogP contribution in [0.5, 0.6) is 0 Å². The van der Waals surface area contributed by atoms with Crippen molar-refractivity contribution in [1.82, 2.24) is 0 Å². The number of halogens is 2. The Morgan fingerprint density at radius 1 is 0.864 bits per heavy atom. The van der Waals surface area contributed by atoms with Crippen LogP contribution in [0.3, 0.4) is 0 Å². The fourth-order valence-corrected chi connectivity index (χ4v) is 1.98. The van der Waals surface area contributed by atoms with E-state index in [-0.39, 0.29) is 24.8 Å². The molecule has 124 valence electrons. The number of unbranched alkanes of at least 4 members (excludes halogenated alkanes) is 2. The van der Waals surface area contributed by atoms with E-state index in [1.807, 2.05) is 0 Å². The van der Waals surface area contributed by atoms with Gasteiger partial charge in [0.1, 0.15) is 0 Å². The zero-order valence-corrected chi connectivity index (χ0v) is 19.0. The molecule has 0 radical (unpaired) electrons.